The summed E-state index contributed by atoms with van der Waals surface area (Å²) in [5, 5.41) is 30.9. The minimum absolute atomic E-state index is 0.00461. The van der Waals surface area contributed by atoms with Crippen molar-refractivity contribution in [2.45, 2.75) is 204 Å². The van der Waals surface area contributed by atoms with E-state index in [1.165, 1.54) is 16.7 Å². The molecular formula is C55H102N20O13S. The first-order valence-corrected chi connectivity index (χ1v) is 31.7. The van der Waals surface area contributed by atoms with Gasteiger partial charge in [-0.2, -0.15) is 11.8 Å². The average Bonchev–Trinajstić information content (AvgIpc) is 4.24. The Morgan fingerprint density at radius 1 is 0.494 bits per heavy atom. The van der Waals surface area contributed by atoms with Crippen molar-refractivity contribution < 1.29 is 62.6 Å². The van der Waals surface area contributed by atoms with Crippen molar-refractivity contribution in [2.75, 3.05) is 44.7 Å². The molecule has 33 nitrogen and oxygen atoms in total. The van der Waals surface area contributed by atoms with Gasteiger partial charge in [0.15, 0.2) is 11.9 Å². The van der Waals surface area contributed by atoms with Crippen LogP contribution >= 0.6 is 11.8 Å². The molecule has 0 unspecified atom stereocenters. The Hall–Kier alpha value is -7.59. The Labute approximate surface area is 524 Å². The molecule has 27 N–H and O–H groups in total. The predicted octanol–water partition coefficient (Wildman–Crippen LogP) is -5.38. The number of unbranched alkanes of at least 4 members (excludes halogenated alkanes) is 2. The van der Waals surface area contributed by atoms with E-state index in [2.05, 4.69) is 52.5 Å². The summed E-state index contributed by atoms with van der Waals surface area (Å²) in [5.74, 6) is -10.9. The molecule has 1 aliphatic heterocycles. The number of carboxylic acids is 1. The van der Waals surface area contributed by atoms with Crippen molar-refractivity contribution in [1.29, 1.82) is 0 Å². The molecule has 1 saturated heterocycles. The monoisotopic (exact) mass is 1280 g/mol. The van der Waals surface area contributed by atoms with E-state index in [4.69, 9.17) is 51.6 Å². The molecule has 0 aromatic heterocycles. The van der Waals surface area contributed by atoms with Crippen molar-refractivity contribution >= 4 is 94.6 Å². The molecule has 0 saturated carbocycles. The number of hydrogen-bond donors (Lipinski definition) is 18. The van der Waals surface area contributed by atoms with Gasteiger partial charge in [-0.15, -0.1) is 0 Å². The average molecular weight is 1280 g/mol. The molecule has 1 fully saturated rings. The maximum absolute atomic E-state index is 14.6. The van der Waals surface area contributed by atoms with Crippen LogP contribution in [0.15, 0.2) is 9.98 Å². The summed E-state index contributed by atoms with van der Waals surface area (Å²) in [7, 11) is 0. The second-order valence-electron chi connectivity index (χ2n) is 22.7. The number of nitrogens with two attached hydrogens (primary N) is 9. The number of aliphatic carboxylic acids is 1. The minimum atomic E-state index is -1.60. The van der Waals surface area contributed by atoms with Crippen molar-refractivity contribution in [3.8, 4) is 0 Å². The molecule has 0 radical (unpaired) electrons. The van der Waals surface area contributed by atoms with E-state index in [9.17, 15) is 62.6 Å². The molecule has 1 rings (SSSR count). The number of thioether (sulfide) groups is 1. The highest BCUT2D eigenvalue weighted by Crippen LogP contribution is 2.21. The van der Waals surface area contributed by atoms with E-state index < -0.39 is 144 Å². The van der Waals surface area contributed by atoms with E-state index >= 15 is 0 Å². The second kappa shape index (κ2) is 43.1. The Morgan fingerprint density at radius 3 is 1.18 bits per heavy atom. The van der Waals surface area contributed by atoms with Crippen LogP contribution in [0.3, 0.4) is 0 Å². The minimum Gasteiger partial charge on any atom is -0.480 e. The maximum atomic E-state index is 14.6. The lowest BCUT2D eigenvalue weighted by Gasteiger charge is -2.30. The maximum Gasteiger partial charge on any atom is 0.326 e. The van der Waals surface area contributed by atoms with Crippen molar-refractivity contribution in [1.82, 2.24) is 47.4 Å². The number of amides is 11. The molecule has 0 aromatic rings. The number of likely N-dealkylation sites (tertiary alicyclic amines) is 1. The van der Waals surface area contributed by atoms with Gasteiger partial charge in [-0.25, -0.2) is 4.79 Å². The second-order valence-corrected chi connectivity index (χ2v) is 23.7. The summed E-state index contributed by atoms with van der Waals surface area (Å²) in [5.41, 5.74) is 50.7. The standard InChI is InChI=1S/C55H102N20O13S/c1-30(2)29-39(50(84)73-38(22-28-89-5)52(86)75-27-12-17-40(75)53(87)88)74-47(81)33(14-7-9-24-57)68-48(82)36(18-20-41(58)76)71-46(80)35(16-11-26-66-55(63)64)69-44(78)32(13-6-8-23-56)67-45(79)34(15-10-25-65-54(61)62)70-49(83)37(19-21-42(59)77)72-51(85)43(60)31(3)4/h30-40,43H,6-29,56-57,60H2,1-5H3,(H2,58,76)(H2,59,77)(H,67,79)(H,68,82)(H,69,78)(H,70,83)(H,71,80)(H,72,85)(H,73,84)(H,74,81)(H,87,88)(H4,61,62,65)(H4,63,64,66)/t32-,33-,34-,35-,36-,37-,38-,39-,40-,43-/m0/s1. The first-order valence-electron chi connectivity index (χ1n) is 30.3. The first-order chi connectivity index (χ1) is 42.0. The molecule has 1 heterocycles. The van der Waals surface area contributed by atoms with E-state index in [1.54, 1.807) is 34.0 Å². The number of carboxylic acid groups (broad SMARTS) is 1. The van der Waals surface area contributed by atoms with Crippen LogP contribution in [0.2, 0.25) is 0 Å². The van der Waals surface area contributed by atoms with Crippen molar-refractivity contribution in [3.63, 3.8) is 0 Å². The molecular weight excluding hydrogens is 1180 g/mol. The summed E-state index contributed by atoms with van der Waals surface area (Å²) < 4.78 is 0. The lowest BCUT2D eigenvalue weighted by Crippen LogP contribution is -2.60. The van der Waals surface area contributed by atoms with E-state index in [0.29, 0.717) is 31.4 Å². The molecule has 0 aliphatic carbocycles. The molecule has 0 spiro atoms. The van der Waals surface area contributed by atoms with Gasteiger partial charge in [0.1, 0.15) is 54.4 Å². The van der Waals surface area contributed by atoms with Crippen LogP contribution in [-0.2, 0) is 57.5 Å². The van der Waals surface area contributed by atoms with E-state index in [1.807, 2.05) is 0 Å². The molecule has 34 heteroatoms. The fraction of sp³-hybridized carbons (Fsp3) is 0.745. The largest absolute Gasteiger partial charge is 0.480 e. The highest BCUT2D eigenvalue weighted by Gasteiger charge is 2.40. The molecule has 1 aliphatic rings. The predicted molar refractivity (Wildman–Crippen MR) is 336 cm³/mol. The van der Waals surface area contributed by atoms with Gasteiger partial charge < -0.3 is 104 Å². The lowest BCUT2D eigenvalue weighted by molar-refractivity contribution is -0.149. The molecule has 506 valence electrons. The molecule has 10 atom stereocenters. The zero-order valence-corrected chi connectivity index (χ0v) is 53.0. The third-order valence-electron chi connectivity index (χ3n) is 14.3. The summed E-state index contributed by atoms with van der Waals surface area (Å²) in [6.45, 7) is 7.52. The number of rotatable bonds is 46. The Morgan fingerprint density at radius 2 is 0.843 bits per heavy atom. The van der Waals surface area contributed by atoms with Crippen LogP contribution < -0.4 is 94.1 Å². The quantitative estimate of drug-likeness (QED) is 0.0154. The first kappa shape index (κ1) is 79.4. The number of primary amides is 2. The molecule has 0 aromatic carbocycles. The van der Waals surface area contributed by atoms with Crippen LogP contribution in [-0.4, -0.2) is 198 Å². The van der Waals surface area contributed by atoms with E-state index in [0.717, 1.165) is 0 Å². The zero-order chi connectivity index (χ0) is 67.3. The van der Waals surface area contributed by atoms with Gasteiger partial charge in [0, 0.05) is 32.5 Å². The number of carbonyl (C=O) groups excluding carboxylic acids is 11. The van der Waals surface area contributed by atoms with Gasteiger partial charge in [-0.05, 0) is 140 Å². The van der Waals surface area contributed by atoms with Gasteiger partial charge in [0.05, 0.1) is 6.04 Å². The highest BCUT2D eigenvalue weighted by molar-refractivity contribution is 7.98. The number of nitrogens with one attached hydrogen (secondary N) is 8. The number of guanidine groups is 2. The number of aliphatic imine (C=N–C) groups is 2. The van der Waals surface area contributed by atoms with Crippen molar-refractivity contribution in [2.24, 2.45) is 73.4 Å². The fourth-order valence-electron chi connectivity index (χ4n) is 9.34. The van der Waals surface area contributed by atoms with Gasteiger partial charge in [0.25, 0.3) is 0 Å². The smallest absolute Gasteiger partial charge is 0.326 e. The van der Waals surface area contributed by atoms with Gasteiger partial charge in [0.2, 0.25) is 65.0 Å². The zero-order valence-electron chi connectivity index (χ0n) is 52.2. The fourth-order valence-corrected chi connectivity index (χ4v) is 9.81. The van der Waals surface area contributed by atoms with Crippen LogP contribution in [0.25, 0.3) is 0 Å². The summed E-state index contributed by atoms with van der Waals surface area (Å²) >= 11 is 1.41. The Kier molecular flexibility index (Phi) is 38.5. The van der Waals surface area contributed by atoms with Crippen LogP contribution in [0.4, 0.5) is 0 Å². The molecule has 11 amide bonds. The number of carbonyl (C=O) groups is 12. The number of hydrogen-bond acceptors (Lipinski definition) is 18. The van der Waals surface area contributed by atoms with Crippen molar-refractivity contribution in [3.05, 3.63) is 0 Å². The summed E-state index contributed by atoms with van der Waals surface area (Å²) in [6.07, 6.45) is 2.38. The normalized spacial score (nSPS) is 15.9. The third kappa shape index (κ3) is 31.9. The Balaban J connectivity index is 3.75. The van der Waals surface area contributed by atoms with Crippen LogP contribution in [0.1, 0.15) is 143 Å². The molecule has 0 bridgehead atoms. The third-order valence-corrected chi connectivity index (χ3v) is 15.0. The summed E-state index contributed by atoms with van der Waals surface area (Å²) in [4.78, 5) is 172. The lowest BCUT2D eigenvalue weighted by atomic mass is 10.0. The van der Waals surface area contributed by atoms with Crippen LogP contribution in [0, 0.1) is 11.8 Å². The Bertz CT molecular complexity index is 2390. The summed E-state index contributed by atoms with van der Waals surface area (Å²) in [6, 6.07) is -13.2. The van der Waals surface area contributed by atoms with Gasteiger partial charge >= 0.3 is 5.97 Å². The topological polar surface area (TPSA) is 583 Å². The van der Waals surface area contributed by atoms with Gasteiger partial charge in [-0.1, -0.05) is 27.7 Å². The SMILES string of the molecule is CSCC[C@H](NC(=O)[C@H](CC(C)C)NC(=O)[C@H](CCCCN)NC(=O)[C@H](CCC(N)=O)NC(=O)[C@H](CCCN=C(N)N)NC(=O)[C@H](CCCCN)NC(=O)[C@H](CCCN=C(N)N)NC(=O)[C@H](CCC(N)=O)NC(=O)[C@@H](N)C(C)C)C(=O)N1CCC[C@H]1C(=O)O. The number of nitrogens with zero attached hydrogens (tertiary/aromatic N) is 3. The van der Waals surface area contributed by atoms with Crippen LogP contribution in [0.5, 0.6) is 0 Å². The highest BCUT2D eigenvalue weighted by atomic mass is 32.2. The van der Waals surface area contributed by atoms with Gasteiger partial charge in [-0.3, -0.25) is 62.7 Å². The molecule has 89 heavy (non-hydrogen) atoms. The van der Waals surface area contributed by atoms with E-state index in [-0.39, 0.29) is 134 Å².